The highest BCUT2D eigenvalue weighted by Crippen LogP contribution is 2.31. The molecule has 0 aliphatic carbocycles. The van der Waals surface area contributed by atoms with Crippen LogP contribution in [-0.4, -0.2) is 8.42 Å². The van der Waals surface area contributed by atoms with Crippen molar-refractivity contribution in [3.05, 3.63) is 52.0 Å². The van der Waals surface area contributed by atoms with Crippen molar-refractivity contribution in [3.63, 3.8) is 0 Å². The van der Waals surface area contributed by atoms with Gasteiger partial charge in [0.1, 0.15) is 11.5 Å². The predicted molar refractivity (Wildman–Crippen MR) is 77.0 cm³/mol. The fourth-order valence-electron chi connectivity index (χ4n) is 1.40. The lowest BCUT2D eigenvalue weighted by Gasteiger charge is -2.08. The van der Waals surface area contributed by atoms with Crippen molar-refractivity contribution in [2.24, 2.45) is 5.14 Å². The zero-order valence-electron chi connectivity index (χ0n) is 9.51. The summed E-state index contributed by atoms with van der Waals surface area (Å²) < 4.78 is 28.8. The van der Waals surface area contributed by atoms with Crippen LogP contribution in [0, 0.1) is 0 Å². The molecule has 2 aromatic rings. The van der Waals surface area contributed by atoms with Crippen LogP contribution in [0.4, 0.5) is 0 Å². The molecular formula is C12H9BrClNO3S. The van der Waals surface area contributed by atoms with Crippen molar-refractivity contribution in [3.8, 4) is 11.5 Å². The molecule has 0 fully saturated rings. The highest BCUT2D eigenvalue weighted by atomic mass is 79.9. The molecule has 19 heavy (non-hydrogen) atoms. The van der Waals surface area contributed by atoms with Crippen LogP contribution in [0.2, 0.25) is 5.02 Å². The maximum Gasteiger partial charge on any atom is 0.238 e. The molecular weight excluding hydrogens is 354 g/mol. The highest BCUT2D eigenvalue weighted by Gasteiger charge is 2.11. The summed E-state index contributed by atoms with van der Waals surface area (Å²) in [5, 5.41) is 5.19. The summed E-state index contributed by atoms with van der Waals surface area (Å²) in [6.45, 7) is 0. The van der Waals surface area contributed by atoms with Crippen molar-refractivity contribution in [1.82, 2.24) is 0 Å². The lowest BCUT2D eigenvalue weighted by Crippen LogP contribution is -2.11. The highest BCUT2D eigenvalue weighted by molar-refractivity contribution is 9.10. The van der Waals surface area contributed by atoms with Crippen molar-refractivity contribution >= 4 is 37.6 Å². The summed E-state index contributed by atoms with van der Waals surface area (Å²) in [6, 6.07) is 11.3. The van der Waals surface area contributed by atoms with Gasteiger partial charge in [-0.15, -0.1) is 0 Å². The maximum absolute atomic E-state index is 11.2. The minimum Gasteiger partial charge on any atom is -0.456 e. The second-order valence-electron chi connectivity index (χ2n) is 3.70. The van der Waals surface area contributed by atoms with Crippen LogP contribution < -0.4 is 9.88 Å². The number of rotatable bonds is 3. The zero-order valence-corrected chi connectivity index (χ0v) is 12.7. The fraction of sp³-hybridized carbons (Fsp3) is 0. The minimum absolute atomic E-state index is 0.0564. The number of benzene rings is 2. The molecule has 0 saturated carbocycles. The van der Waals surface area contributed by atoms with E-state index in [9.17, 15) is 8.42 Å². The predicted octanol–water partition coefficient (Wildman–Crippen LogP) is 3.54. The van der Waals surface area contributed by atoms with Gasteiger partial charge in [0.05, 0.1) is 9.92 Å². The number of hydrogen-bond acceptors (Lipinski definition) is 3. The number of halogens is 2. The Hall–Kier alpha value is -1.08. The quantitative estimate of drug-likeness (QED) is 0.908. The second kappa shape index (κ2) is 5.50. The summed E-state index contributed by atoms with van der Waals surface area (Å²) in [6.07, 6.45) is 0. The molecule has 0 spiro atoms. The molecule has 0 aliphatic rings. The Morgan fingerprint density at radius 3 is 2.47 bits per heavy atom. The van der Waals surface area contributed by atoms with E-state index in [1.807, 2.05) is 12.1 Å². The molecule has 0 heterocycles. The third-order valence-corrected chi connectivity index (χ3v) is 3.96. The van der Waals surface area contributed by atoms with Crippen LogP contribution in [0.1, 0.15) is 0 Å². The molecule has 100 valence electrons. The van der Waals surface area contributed by atoms with Crippen LogP contribution >= 0.6 is 27.5 Å². The molecule has 0 aromatic heterocycles. The summed E-state index contributed by atoms with van der Waals surface area (Å²) in [7, 11) is -3.77. The third kappa shape index (κ3) is 3.70. The summed E-state index contributed by atoms with van der Waals surface area (Å²) in [5.74, 6) is 0.937. The average Bonchev–Trinajstić information content (AvgIpc) is 2.30. The Labute approximate surface area is 124 Å². The van der Waals surface area contributed by atoms with Crippen molar-refractivity contribution in [1.29, 1.82) is 0 Å². The van der Waals surface area contributed by atoms with Gasteiger partial charge >= 0.3 is 0 Å². The Morgan fingerprint density at radius 2 is 1.89 bits per heavy atom. The SMILES string of the molecule is NS(=O)(=O)c1ccc(Oc2cccc(Br)c2)c(Cl)c1. The topological polar surface area (TPSA) is 69.4 Å². The summed E-state index contributed by atoms with van der Waals surface area (Å²) >= 11 is 9.29. The summed E-state index contributed by atoms with van der Waals surface area (Å²) in [4.78, 5) is -0.0564. The molecule has 0 unspecified atom stereocenters. The van der Waals surface area contributed by atoms with Crippen molar-refractivity contribution < 1.29 is 13.2 Å². The molecule has 0 saturated heterocycles. The van der Waals surface area contributed by atoms with Crippen molar-refractivity contribution in [2.45, 2.75) is 4.90 Å². The lowest BCUT2D eigenvalue weighted by atomic mass is 10.3. The average molecular weight is 363 g/mol. The molecule has 2 rings (SSSR count). The van der Waals surface area contributed by atoms with Gasteiger partial charge in [0.15, 0.2) is 0 Å². The standard InChI is InChI=1S/C12H9BrClNO3S/c13-8-2-1-3-9(6-8)18-12-5-4-10(7-11(12)14)19(15,16)17/h1-7H,(H2,15,16,17). The summed E-state index contributed by atoms with van der Waals surface area (Å²) in [5.41, 5.74) is 0. The molecule has 0 radical (unpaired) electrons. The first-order chi connectivity index (χ1) is 8.86. The Bertz CT molecular complexity index is 719. The molecule has 2 aromatic carbocycles. The van der Waals surface area contributed by atoms with Gasteiger partial charge in [-0.25, -0.2) is 13.6 Å². The van der Waals surface area contributed by atoms with Crippen LogP contribution in [0.15, 0.2) is 51.8 Å². The van der Waals surface area contributed by atoms with Gasteiger partial charge in [-0.1, -0.05) is 33.6 Å². The first-order valence-corrected chi connectivity index (χ1v) is 7.84. The Balaban J connectivity index is 2.32. The van der Waals surface area contributed by atoms with E-state index >= 15 is 0 Å². The Morgan fingerprint density at radius 1 is 1.16 bits per heavy atom. The van der Waals surface area contributed by atoms with Gasteiger partial charge in [0, 0.05) is 4.47 Å². The number of primary sulfonamides is 1. The van der Waals surface area contributed by atoms with Gasteiger partial charge in [0.2, 0.25) is 10.0 Å². The van der Waals surface area contributed by atoms with E-state index in [-0.39, 0.29) is 9.92 Å². The van der Waals surface area contributed by atoms with E-state index in [1.54, 1.807) is 12.1 Å². The van der Waals surface area contributed by atoms with Gasteiger partial charge in [0.25, 0.3) is 0 Å². The molecule has 0 bridgehead atoms. The molecule has 7 heteroatoms. The van der Waals surface area contributed by atoms with E-state index in [4.69, 9.17) is 21.5 Å². The van der Waals surface area contributed by atoms with Gasteiger partial charge in [-0.2, -0.15) is 0 Å². The van der Waals surface area contributed by atoms with Crippen molar-refractivity contribution in [2.75, 3.05) is 0 Å². The Kier molecular flexibility index (Phi) is 4.15. The normalized spacial score (nSPS) is 11.3. The van der Waals surface area contributed by atoms with E-state index in [0.29, 0.717) is 11.5 Å². The zero-order chi connectivity index (χ0) is 14.0. The van der Waals surface area contributed by atoms with E-state index < -0.39 is 10.0 Å². The van der Waals surface area contributed by atoms with Crippen LogP contribution in [-0.2, 0) is 10.0 Å². The van der Waals surface area contributed by atoms with Gasteiger partial charge in [-0.3, -0.25) is 0 Å². The van der Waals surface area contributed by atoms with E-state index in [2.05, 4.69) is 15.9 Å². The number of sulfonamides is 1. The fourth-order valence-corrected chi connectivity index (χ4v) is 2.60. The number of nitrogens with two attached hydrogens (primary N) is 1. The smallest absolute Gasteiger partial charge is 0.238 e. The van der Waals surface area contributed by atoms with Crippen LogP contribution in [0.5, 0.6) is 11.5 Å². The monoisotopic (exact) mass is 361 g/mol. The number of hydrogen-bond donors (Lipinski definition) is 1. The van der Waals surface area contributed by atoms with Gasteiger partial charge in [-0.05, 0) is 36.4 Å². The first kappa shape index (κ1) is 14.3. The molecule has 2 N–H and O–H groups in total. The largest absolute Gasteiger partial charge is 0.456 e. The van der Waals surface area contributed by atoms with E-state index in [0.717, 1.165) is 4.47 Å². The molecule has 4 nitrogen and oxygen atoms in total. The molecule has 0 aliphatic heterocycles. The maximum atomic E-state index is 11.2. The molecule has 0 amide bonds. The van der Waals surface area contributed by atoms with Crippen LogP contribution in [0.25, 0.3) is 0 Å². The number of ether oxygens (including phenoxy) is 1. The van der Waals surface area contributed by atoms with Gasteiger partial charge < -0.3 is 4.74 Å². The lowest BCUT2D eigenvalue weighted by molar-refractivity contribution is 0.482. The second-order valence-corrected chi connectivity index (χ2v) is 6.58. The minimum atomic E-state index is -3.77. The third-order valence-electron chi connectivity index (χ3n) is 2.26. The van der Waals surface area contributed by atoms with Crippen LogP contribution in [0.3, 0.4) is 0 Å². The van der Waals surface area contributed by atoms with E-state index in [1.165, 1.54) is 18.2 Å². The first-order valence-electron chi connectivity index (χ1n) is 5.12. The molecule has 0 atom stereocenters.